The van der Waals surface area contributed by atoms with Crippen LogP contribution in [-0.2, 0) is 18.0 Å². The van der Waals surface area contributed by atoms with Gasteiger partial charge >= 0.3 is 6.09 Å². The lowest BCUT2D eigenvalue weighted by Gasteiger charge is -2.28. The van der Waals surface area contributed by atoms with Crippen molar-refractivity contribution in [2.45, 2.75) is 58.0 Å². The van der Waals surface area contributed by atoms with Gasteiger partial charge in [-0.15, -0.1) is 0 Å². The van der Waals surface area contributed by atoms with Crippen LogP contribution < -0.4 is 10.1 Å². The Hall–Kier alpha value is -3.12. The summed E-state index contributed by atoms with van der Waals surface area (Å²) < 4.78 is 12.4. The summed E-state index contributed by atoms with van der Waals surface area (Å²) >= 11 is 0. The summed E-state index contributed by atoms with van der Waals surface area (Å²) in [4.78, 5) is 15.7. The van der Waals surface area contributed by atoms with E-state index in [1.54, 1.807) is 0 Å². The third kappa shape index (κ3) is 5.33. The second kappa shape index (κ2) is 9.79. The van der Waals surface area contributed by atoms with E-state index in [1.807, 2.05) is 49.4 Å². The van der Waals surface area contributed by atoms with Crippen LogP contribution in [0.3, 0.4) is 0 Å². The lowest BCUT2D eigenvalue weighted by molar-refractivity contribution is 0.00979. The number of para-hydroxylation sites is 1. The fourth-order valence-corrected chi connectivity index (χ4v) is 4.13. The second-order valence-electron chi connectivity index (χ2n) is 8.04. The lowest BCUT2D eigenvalue weighted by atomic mass is 9.93. The quantitative estimate of drug-likeness (QED) is 0.548. The fraction of sp³-hybridized carbons (Fsp3) is 0.360. The summed E-state index contributed by atoms with van der Waals surface area (Å²) in [7, 11) is 0. The maximum absolute atomic E-state index is 10.8. The number of rotatable bonds is 7. The molecule has 1 fully saturated rings. The molecule has 0 aliphatic heterocycles. The molecule has 6 heteroatoms. The Labute approximate surface area is 182 Å². The minimum Gasteiger partial charge on any atom is -0.488 e. The number of hydrogen-bond donors (Lipinski definition) is 2. The molecule has 1 aliphatic rings. The van der Waals surface area contributed by atoms with Crippen LogP contribution in [0.2, 0.25) is 0 Å². The van der Waals surface area contributed by atoms with Gasteiger partial charge in [0.05, 0.1) is 23.9 Å². The normalized spacial score (nSPS) is 18.6. The molecule has 2 N–H and O–H groups in total. The Morgan fingerprint density at radius 2 is 1.74 bits per heavy atom. The largest absolute Gasteiger partial charge is 0.488 e. The number of aromatic nitrogens is 1. The summed E-state index contributed by atoms with van der Waals surface area (Å²) in [6, 6.07) is 18.2. The molecule has 0 spiro atoms. The molecule has 2 aromatic carbocycles. The predicted molar refractivity (Wildman–Crippen MR) is 119 cm³/mol. The van der Waals surface area contributed by atoms with Crippen LogP contribution in [0.25, 0.3) is 10.9 Å². The highest BCUT2D eigenvalue weighted by Crippen LogP contribution is 2.32. The molecule has 1 heterocycles. The Morgan fingerprint density at radius 3 is 2.48 bits per heavy atom. The van der Waals surface area contributed by atoms with Gasteiger partial charge in [-0.05, 0) is 50.3 Å². The third-order valence-electron chi connectivity index (χ3n) is 5.86. The standard InChI is InChI=1S/C25H28N2O4/c1-17-23(16-30-20-13-11-19(12-14-20)26-25(28)29)27-22-10-6-5-9-21(22)24(17)31-15-18-7-3-2-4-8-18/h2-10,19-20,26H,11-16H2,1H3,(H,28,29)/t19-,20-. The number of nitrogens with one attached hydrogen (secondary N) is 1. The van der Waals surface area contributed by atoms with Crippen LogP contribution in [0, 0.1) is 6.92 Å². The minimum atomic E-state index is -0.955. The first-order chi connectivity index (χ1) is 15.1. The van der Waals surface area contributed by atoms with Crippen molar-refractivity contribution in [3.05, 3.63) is 71.4 Å². The predicted octanol–water partition coefficient (Wildman–Crippen LogP) is 5.22. The number of carbonyl (C=O) groups is 1. The molecule has 1 aromatic heterocycles. The number of hydrogen-bond acceptors (Lipinski definition) is 4. The van der Waals surface area contributed by atoms with Crippen LogP contribution >= 0.6 is 0 Å². The lowest BCUT2D eigenvalue weighted by Crippen LogP contribution is -2.38. The van der Waals surface area contributed by atoms with Crippen molar-refractivity contribution in [1.29, 1.82) is 0 Å². The van der Waals surface area contributed by atoms with Crippen molar-refractivity contribution in [2.75, 3.05) is 0 Å². The van der Waals surface area contributed by atoms with Gasteiger partial charge in [0, 0.05) is 17.0 Å². The van der Waals surface area contributed by atoms with E-state index in [0.717, 1.165) is 59.2 Å². The minimum absolute atomic E-state index is 0.0240. The van der Waals surface area contributed by atoms with Crippen molar-refractivity contribution in [3.8, 4) is 5.75 Å². The molecule has 1 saturated carbocycles. The van der Waals surface area contributed by atoms with E-state index in [0.29, 0.717) is 13.2 Å². The maximum atomic E-state index is 10.8. The van der Waals surface area contributed by atoms with Crippen molar-refractivity contribution < 1.29 is 19.4 Å². The molecule has 0 saturated heterocycles. The zero-order valence-electron chi connectivity index (χ0n) is 17.7. The summed E-state index contributed by atoms with van der Waals surface area (Å²) in [6.07, 6.45) is 2.44. The smallest absolute Gasteiger partial charge is 0.404 e. The molecule has 0 unspecified atom stereocenters. The SMILES string of the molecule is Cc1c(CO[C@H]2CC[C@H](NC(=O)O)CC2)nc2ccccc2c1OCc1ccccc1. The van der Waals surface area contributed by atoms with Gasteiger partial charge in [0.1, 0.15) is 12.4 Å². The Morgan fingerprint density at radius 1 is 1.03 bits per heavy atom. The van der Waals surface area contributed by atoms with Crippen LogP contribution in [0.15, 0.2) is 54.6 Å². The first kappa shape index (κ1) is 21.1. The molecule has 31 heavy (non-hydrogen) atoms. The number of fused-ring (bicyclic) bond motifs is 1. The number of nitrogens with zero attached hydrogens (tertiary/aromatic N) is 1. The molecule has 6 nitrogen and oxygen atoms in total. The number of amides is 1. The van der Waals surface area contributed by atoms with Gasteiger partial charge in [-0.3, -0.25) is 0 Å². The summed E-state index contributed by atoms with van der Waals surface area (Å²) in [5, 5.41) is 12.5. The molecule has 0 radical (unpaired) electrons. The van der Waals surface area contributed by atoms with Crippen molar-refractivity contribution in [1.82, 2.24) is 10.3 Å². The Bertz CT molecular complexity index is 1030. The van der Waals surface area contributed by atoms with E-state index in [9.17, 15) is 4.79 Å². The number of carboxylic acid groups (broad SMARTS) is 1. The molecule has 162 valence electrons. The van der Waals surface area contributed by atoms with Crippen LogP contribution in [0.1, 0.15) is 42.5 Å². The summed E-state index contributed by atoms with van der Waals surface area (Å²) in [5.41, 5.74) is 3.89. The topological polar surface area (TPSA) is 80.7 Å². The summed E-state index contributed by atoms with van der Waals surface area (Å²) in [5.74, 6) is 0.849. The maximum Gasteiger partial charge on any atom is 0.404 e. The van der Waals surface area contributed by atoms with E-state index in [2.05, 4.69) is 17.4 Å². The highest BCUT2D eigenvalue weighted by molar-refractivity contribution is 5.86. The monoisotopic (exact) mass is 420 g/mol. The highest BCUT2D eigenvalue weighted by atomic mass is 16.5. The molecular formula is C25H28N2O4. The second-order valence-corrected chi connectivity index (χ2v) is 8.04. The number of ether oxygens (including phenoxy) is 2. The average Bonchev–Trinajstić information content (AvgIpc) is 2.78. The zero-order chi connectivity index (χ0) is 21.6. The van der Waals surface area contributed by atoms with Crippen molar-refractivity contribution in [2.24, 2.45) is 0 Å². The zero-order valence-corrected chi connectivity index (χ0v) is 17.7. The molecule has 1 amide bonds. The highest BCUT2D eigenvalue weighted by Gasteiger charge is 2.23. The van der Waals surface area contributed by atoms with Gasteiger partial charge in [-0.2, -0.15) is 0 Å². The van der Waals surface area contributed by atoms with Gasteiger partial charge in [0.15, 0.2) is 0 Å². The first-order valence-electron chi connectivity index (χ1n) is 10.8. The Balaban J connectivity index is 1.46. The third-order valence-corrected chi connectivity index (χ3v) is 5.86. The van der Waals surface area contributed by atoms with E-state index in [-0.39, 0.29) is 12.1 Å². The molecule has 0 bridgehead atoms. The summed E-state index contributed by atoms with van der Waals surface area (Å²) in [6.45, 7) is 2.95. The first-order valence-corrected chi connectivity index (χ1v) is 10.8. The average molecular weight is 421 g/mol. The number of pyridine rings is 1. The van der Waals surface area contributed by atoms with Gasteiger partial charge < -0.3 is 19.9 Å². The van der Waals surface area contributed by atoms with E-state index in [1.165, 1.54) is 0 Å². The van der Waals surface area contributed by atoms with Crippen LogP contribution in [0.5, 0.6) is 5.75 Å². The Kier molecular flexibility index (Phi) is 6.67. The fourth-order valence-electron chi connectivity index (χ4n) is 4.13. The molecule has 0 atom stereocenters. The number of benzene rings is 2. The molecule has 4 rings (SSSR count). The van der Waals surface area contributed by atoms with Gasteiger partial charge in [-0.25, -0.2) is 9.78 Å². The molecule has 1 aliphatic carbocycles. The van der Waals surface area contributed by atoms with E-state index < -0.39 is 6.09 Å². The van der Waals surface area contributed by atoms with Crippen LogP contribution in [0.4, 0.5) is 4.79 Å². The van der Waals surface area contributed by atoms with Crippen molar-refractivity contribution in [3.63, 3.8) is 0 Å². The van der Waals surface area contributed by atoms with Gasteiger partial charge in [0.25, 0.3) is 0 Å². The molecule has 3 aromatic rings. The van der Waals surface area contributed by atoms with Crippen LogP contribution in [-0.4, -0.2) is 28.3 Å². The van der Waals surface area contributed by atoms with Gasteiger partial charge in [0.2, 0.25) is 0 Å². The van der Waals surface area contributed by atoms with Crippen molar-refractivity contribution >= 4 is 17.0 Å². The van der Waals surface area contributed by atoms with E-state index >= 15 is 0 Å². The molecular weight excluding hydrogens is 392 g/mol. The van der Waals surface area contributed by atoms with E-state index in [4.69, 9.17) is 19.6 Å². The van der Waals surface area contributed by atoms with Gasteiger partial charge in [-0.1, -0.05) is 42.5 Å².